The third-order valence-corrected chi connectivity index (χ3v) is 3.07. The van der Waals surface area contributed by atoms with Crippen molar-refractivity contribution in [2.75, 3.05) is 20.3 Å². The fourth-order valence-electron chi connectivity index (χ4n) is 1.46. The van der Waals surface area contributed by atoms with Gasteiger partial charge in [0.05, 0.1) is 17.2 Å². The van der Waals surface area contributed by atoms with Gasteiger partial charge in [0.2, 0.25) is 0 Å². The van der Waals surface area contributed by atoms with E-state index in [0.29, 0.717) is 17.6 Å². The second-order valence-electron chi connectivity index (χ2n) is 3.91. The van der Waals surface area contributed by atoms with Crippen LogP contribution < -0.4 is 5.32 Å². The summed E-state index contributed by atoms with van der Waals surface area (Å²) in [5, 5.41) is 12.6. The second kappa shape index (κ2) is 7.06. The molecule has 0 radical (unpaired) electrons. The summed E-state index contributed by atoms with van der Waals surface area (Å²) in [6.07, 6.45) is -0.536. The van der Waals surface area contributed by atoms with E-state index in [1.807, 2.05) is 6.92 Å². The highest BCUT2D eigenvalue weighted by molar-refractivity contribution is 9.10. The van der Waals surface area contributed by atoms with Crippen molar-refractivity contribution in [3.8, 4) is 0 Å². The number of methoxy groups -OCH3 is 1. The van der Waals surface area contributed by atoms with Crippen LogP contribution in [0.5, 0.6) is 0 Å². The normalized spacial score (nSPS) is 14.6. The van der Waals surface area contributed by atoms with Gasteiger partial charge in [0.15, 0.2) is 0 Å². The minimum atomic E-state index is -0.536. The summed E-state index contributed by atoms with van der Waals surface area (Å²) in [6, 6.07) is 4.91. The van der Waals surface area contributed by atoms with Crippen molar-refractivity contribution in [2.24, 2.45) is 0 Å². The van der Waals surface area contributed by atoms with Gasteiger partial charge in [-0.2, -0.15) is 0 Å². The molecule has 1 aromatic carbocycles. The number of hydrogen-bond acceptors (Lipinski definition) is 3. The Kier molecular flexibility index (Phi) is 6.05. The van der Waals surface area contributed by atoms with Gasteiger partial charge in [0.25, 0.3) is 0 Å². The molecule has 17 heavy (non-hydrogen) atoms. The molecule has 3 nitrogen and oxygen atoms in total. The van der Waals surface area contributed by atoms with Crippen LogP contribution >= 0.6 is 15.9 Å². The van der Waals surface area contributed by atoms with E-state index >= 15 is 0 Å². The van der Waals surface area contributed by atoms with Crippen LogP contribution in [0, 0.1) is 5.82 Å². The van der Waals surface area contributed by atoms with E-state index in [-0.39, 0.29) is 11.9 Å². The summed E-state index contributed by atoms with van der Waals surface area (Å²) in [6.45, 7) is 2.69. The van der Waals surface area contributed by atoms with Crippen LogP contribution in [0.15, 0.2) is 22.7 Å². The molecule has 0 aliphatic carbocycles. The van der Waals surface area contributed by atoms with Crippen molar-refractivity contribution >= 4 is 15.9 Å². The number of aliphatic hydroxyl groups is 1. The first-order valence-electron chi connectivity index (χ1n) is 5.40. The molecule has 0 saturated carbocycles. The summed E-state index contributed by atoms with van der Waals surface area (Å²) in [5.74, 6) is -0.277. The fraction of sp³-hybridized carbons (Fsp3) is 0.500. The highest BCUT2D eigenvalue weighted by Gasteiger charge is 2.10. The Balaban J connectivity index is 2.52. The van der Waals surface area contributed by atoms with E-state index in [1.165, 1.54) is 6.07 Å². The minimum absolute atomic E-state index is 0.0402. The molecule has 96 valence electrons. The first-order valence-corrected chi connectivity index (χ1v) is 6.19. The van der Waals surface area contributed by atoms with Gasteiger partial charge in [0, 0.05) is 19.7 Å². The van der Waals surface area contributed by atoms with Crippen LogP contribution in [-0.4, -0.2) is 31.5 Å². The Hall–Kier alpha value is -0.490. The molecular formula is C12H17BrFNO2. The molecule has 0 bridgehead atoms. The van der Waals surface area contributed by atoms with Crippen LogP contribution in [0.2, 0.25) is 0 Å². The van der Waals surface area contributed by atoms with Crippen LogP contribution in [-0.2, 0) is 4.74 Å². The standard InChI is InChI=1S/C12H17BrFNO2/c1-8(15-6-10(16)7-17-2)9-3-4-12(14)11(13)5-9/h3-5,8,10,15-16H,6-7H2,1-2H3. The van der Waals surface area contributed by atoms with E-state index in [9.17, 15) is 9.50 Å². The molecule has 5 heteroatoms. The predicted octanol–water partition coefficient (Wildman–Crippen LogP) is 2.25. The lowest BCUT2D eigenvalue weighted by molar-refractivity contribution is 0.0630. The zero-order chi connectivity index (χ0) is 12.8. The van der Waals surface area contributed by atoms with Crippen molar-refractivity contribution in [3.05, 3.63) is 34.1 Å². The van der Waals surface area contributed by atoms with E-state index < -0.39 is 6.10 Å². The number of nitrogens with one attached hydrogen (secondary N) is 1. The van der Waals surface area contributed by atoms with Gasteiger partial charge in [-0.1, -0.05) is 6.07 Å². The first kappa shape index (κ1) is 14.6. The monoisotopic (exact) mass is 305 g/mol. The lowest BCUT2D eigenvalue weighted by Crippen LogP contribution is -2.31. The molecule has 0 spiro atoms. The van der Waals surface area contributed by atoms with Gasteiger partial charge < -0.3 is 15.2 Å². The molecule has 0 fully saturated rings. The number of aliphatic hydroxyl groups excluding tert-OH is 1. The van der Waals surface area contributed by atoms with Crippen LogP contribution in [0.4, 0.5) is 4.39 Å². The average Bonchev–Trinajstić information content (AvgIpc) is 2.30. The summed E-state index contributed by atoms with van der Waals surface area (Å²) in [7, 11) is 1.55. The number of hydrogen-bond donors (Lipinski definition) is 2. The summed E-state index contributed by atoms with van der Waals surface area (Å²) >= 11 is 3.15. The molecule has 0 aliphatic heterocycles. The third-order valence-electron chi connectivity index (χ3n) is 2.46. The molecule has 2 N–H and O–H groups in total. The number of halogens is 2. The molecular weight excluding hydrogens is 289 g/mol. The van der Waals surface area contributed by atoms with Gasteiger partial charge in [-0.15, -0.1) is 0 Å². The van der Waals surface area contributed by atoms with Crippen molar-refractivity contribution in [3.63, 3.8) is 0 Å². The Labute approximate surface area is 109 Å². The van der Waals surface area contributed by atoms with Gasteiger partial charge >= 0.3 is 0 Å². The van der Waals surface area contributed by atoms with Crippen LogP contribution in [0.25, 0.3) is 0 Å². The number of ether oxygens (including phenoxy) is 1. The van der Waals surface area contributed by atoms with E-state index in [2.05, 4.69) is 21.2 Å². The topological polar surface area (TPSA) is 41.5 Å². The fourth-order valence-corrected chi connectivity index (χ4v) is 1.86. The molecule has 2 unspecified atom stereocenters. The Morgan fingerprint density at radius 3 is 2.82 bits per heavy atom. The zero-order valence-electron chi connectivity index (χ0n) is 9.91. The molecule has 0 saturated heterocycles. The minimum Gasteiger partial charge on any atom is -0.389 e. The quantitative estimate of drug-likeness (QED) is 0.847. The van der Waals surface area contributed by atoms with Crippen molar-refractivity contribution in [2.45, 2.75) is 19.1 Å². The van der Waals surface area contributed by atoms with Gasteiger partial charge in [-0.25, -0.2) is 4.39 Å². The first-order chi connectivity index (χ1) is 8.04. The molecule has 1 aromatic rings. The van der Waals surface area contributed by atoms with Crippen molar-refractivity contribution < 1.29 is 14.2 Å². The second-order valence-corrected chi connectivity index (χ2v) is 4.77. The summed E-state index contributed by atoms with van der Waals surface area (Å²) < 4.78 is 18.3. The maximum atomic E-state index is 13.1. The largest absolute Gasteiger partial charge is 0.389 e. The maximum Gasteiger partial charge on any atom is 0.137 e. The van der Waals surface area contributed by atoms with Crippen molar-refractivity contribution in [1.82, 2.24) is 5.32 Å². The lowest BCUT2D eigenvalue weighted by atomic mass is 10.1. The average molecular weight is 306 g/mol. The Morgan fingerprint density at radius 2 is 2.24 bits per heavy atom. The Bertz CT molecular complexity index is 362. The summed E-state index contributed by atoms with van der Waals surface area (Å²) in [5.41, 5.74) is 0.961. The van der Waals surface area contributed by atoms with Crippen LogP contribution in [0.1, 0.15) is 18.5 Å². The van der Waals surface area contributed by atoms with Gasteiger partial charge in [-0.05, 0) is 40.5 Å². The van der Waals surface area contributed by atoms with E-state index in [0.717, 1.165) is 5.56 Å². The number of rotatable bonds is 6. The van der Waals surface area contributed by atoms with Crippen LogP contribution in [0.3, 0.4) is 0 Å². The highest BCUT2D eigenvalue weighted by Crippen LogP contribution is 2.21. The smallest absolute Gasteiger partial charge is 0.137 e. The van der Waals surface area contributed by atoms with Gasteiger partial charge in [-0.3, -0.25) is 0 Å². The van der Waals surface area contributed by atoms with Crippen molar-refractivity contribution in [1.29, 1.82) is 0 Å². The SMILES string of the molecule is COCC(O)CNC(C)c1ccc(F)c(Br)c1. The predicted molar refractivity (Wildman–Crippen MR) is 68.4 cm³/mol. The molecule has 0 aromatic heterocycles. The van der Waals surface area contributed by atoms with Gasteiger partial charge in [0.1, 0.15) is 5.82 Å². The Morgan fingerprint density at radius 1 is 1.53 bits per heavy atom. The van der Waals surface area contributed by atoms with E-state index in [1.54, 1.807) is 19.2 Å². The summed E-state index contributed by atoms with van der Waals surface area (Å²) in [4.78, 5) is 0. The molecule has 0 heterocycles. The maximum absolute atomic E-state index is 13.1. The number of benzene rings is 1. The molecule has 0 aliphatic rings. The molecule has 0 amide bonds. The molecule has 2 atom stereocenters. The molecule has 1 rings (SSSR count). The lowest BCUT2D eigenvalue weighted by Gasteiger charge is -2.17. The third kappa shape index (κ3) is 4.71. The van der Waals surface area contributed by atoms with E-state index in [4.69, 9.17) is 4.74 Å². The highest BCUT2D eigenvalue weighted by atomic mass is 79.9. The zero-order valence-corrected chi connectivity index (χ0v) is 11.5.